The number of benzene rings is 2. The lowest BCUT2D eigenvalue weighted by Gasteiger charge is -2.38. The third-order valence-corrected chi connectivity index (χ3v) is 7.20. The highest BCUT2D eigenvalue weighted by Gasteiger charge is 2.34. The molecule has 2 aromatic carbocycles. The highest BCUT2D eigenvalue weighted by atomic mass is 32.2. The van der Waals surface area contributed by atoms with Crippen LogP contribution < -0.4 is 19.1 Å². The second-order valence-corrected chi connectivity index (χ2v) is 11.2. The van der Waals surface area contributed by atoms with Crippen molar-refractivity contribution < 1.29 is 22.7 Å². The van der Waals surface area contributed by atoms with E-state index in [1.54, 1.807) is 13.2 Å². The number of fused-ring (bicyclic) bond motifs is 1. The molecule has 2 aromatic rings. The Kier molecular flexibility index (Phi) is 7.26. The van der Waals surface area contributed by atoms with Gasteiger partial charge >= 0.3 is 0 Å². The standard InChI is InChI=1S/C25H34N2O5S/c1-17-9-7-10-22(18(17)2)27(33(6,29)30)14-8-11-24(28)26-21-16-25(3,4)32-23-13-12-19(31-5)15-20(21)23/h7,9-10,12-13,15,21H,8,11,14,16H2,1-6H3,(H,26,28)/t21-/m1/s1. The number of amides is 1. The molecule has 33 heavy (non-hydrogen) atoms. The molecule has 1 aliphatic rings. The fourth-order valence-corrected chi connectivity index (χ4v) is 5.22. The normalized spacial score (nSPS) is 17.0. The summed E-state index contributed by atoms with van der Waals surface area (Å²) in [5.74, 6) is 1.31. The van der Waals surface area contributed by atoms with Gasteiger partial charge in [-0.25, -0.2) is 8.42 Å². The van der Waals surface area contributed by atoms with Gasteiger partial charge in [0.1, 0.15) is 17.1 Å². The van der Waals surface area contributed by atoms with E-state index in [-0.39, 0.29) is 24.9 Å². The van der Waals surface area contributed by atoms with Gasteiger partial charge in [-0.05, 0) is 69.5 Å². The van der Waals surface area contributed by atoms with Gasteiger partial charge < -0.3 is 14.8 Å². The third-order valence-electron chi connectivity index (χ3n) is 6.02. The zero-order valence-corrected chi connectivity index (χ0v) is 21.1. The summed E-state index contributed by atoms with van der Waals surface area (Å²) >= 11 is 0. The van der Waals surface area contributed by atoms with E-state index in [0.29, 0.717) is 24.3 Å². The lowest BCUT2D eigenvalue weighted by molar-refractivity contribution is -0.122. The molecule has 0 bridgehead atoms. The van der Waals surface area contributed by atoms with Crippen molar-refractivity contribution in [2.75, 3.05) is 24.2 Å². The Morgan fingerprint density at radius 2 is 1.97 bits per heavy atom. The van der Waals surface area contributed by atoms with Gasteiger partial charge in [-0.15, -0.1) is 0 Å². The average molecular weight is 475 g/mol. The van der Waals surface area contributed by atoms with E-state index in [0.717, 1.165) is 22.4 Å². The smallest absolute Gasteiger partial charge is 0.232 e. The quantitative estimate of drug-likeness (QED) is 0.617. The minimum absolute atomic E-state index is 0.124. The first-order chi connectivity index (χ1) is 15.4. The largest absolute Gasteiger partial charge is 0.497 e. The van der Waals surface area contributed by atoms with Crippen LogP contribution in [-0.2, 0) is 14.8 Å². The molecule has 0 aromatic heterocycles. The number of ether oxygens (including phenoxy) is 2. The van der Waals surface area contributed by atoms with E-state index in [1.807, 2.05) is 58.0 Å². The first-order valence-electron chi connectivity index (χ1n) is 11.1. The molecule has 1 heterocycles. The number of hydrogen-bond acceptors (Lipinski definition) is 5. The Morgan fingerprint density at radius 1 is 1.24 bits per heavy atom. The van der Waals surface area contributed by atoms with Crippen LogP contribution in [0.5, 0.6) is 11.5 Å². The summed E-state index contributed by atoms with van der Waals surface area (Å²) < 4.78 is 37.7. The number of carbonyl (C=O) groups excluding carboxylic acids is 1. The highest BCUT2D eigenvalue weighted by Crippen LogP contribution is 2.41. The van der Waals surface area contributed by atoms with Gasteiger partial charge in [0.15, 0.2) is 0 Å². The van der Waals surface area contributed by atoms with Crippen LogP contribution in [0.4, 0.5) is 5.69 Å². The summed E-state index contributed by atoms with van der Waals surface area (Å²) in [6.07, 6.45) is 2.44. The van der Waals surface area contributed by atoms with Crippen LogP contribution in [0.25, 0.3) is 0 Å². The molecule has 1 N–H and O–H groups in total. The van der Waals surface area contributed by atoms with Gasteiger partial charge in [0.2, 0.25) is 15.9 Å². The second kappa shape index (κ2) is 9.63. The van der Waals surface area contributed by atoms with E-state index in [1.165, 1.54) is 10.6 Å². The average Bonchev–Trinajstić information content (AvgIpc) is 2.72. The second-order valence-electron chi connectivity index (χ2n) is 9.25. The fraction of sp³-hybridized carbons (Fsp3) is 0.480. The molecular weight excluding hydrogens is 440 g/mol. The maximum Gasteiger partial charge on any atom is 0.232 e. The number of rotatable bonds is 8. The Bertz CT molecular complexity index is 1130. The van der Waals surface area contributed by atoms with Gasteiger partial charge in [0.05, 0.1) is 25.1 Å². The lowest BCUT2D eigenvalue weighted by Crippen LogP contribution is -2.41. The maximum absolute atomic E-state index is 12.8. The van der Waals surface area contributed by atoms with E-state index < -0.39 is 15.6 Å². The molecule has 0 radical (unpaired) electrons. The molecule has 0 saturated heterocycles. The molecule has 1 atom stereocenters. The molecular formula is C25H34N2O5S. The van der Waals surface area contributed by atoms with Gasteiger partial charge in [-0.2, -0.15) is 0 Å². The zero-order valence-electron chi connectivity index (χ0n) is 20.3. The molecule has 0 aliphatic carbocycles. The van der Waals surface area contributed by atoms with Crippen molar-refractivity contribution in [2.24, 2.45) is 0 Å². The summed E-state index contributed by atoms with van der Waals surface area (Å²) in [6, 6.07) is 11.0. The Hall–Kier alpha value is -2.74. The number of hydrogen-bond donors (Lipinski definition) is 1. The number of sulfonamides is 1. The Labute approximate surface area is 197 Å². The molecule has 0 fully saturated rings. The zero-order chi connectivity index (χ0) is 24.4. The summed E-state index contributed by atoms with van der Waals surface area (Å²) in [7, 11) is -1.87. The summed E-state index contributed by atoms with van der Waals surface area (Å²) in [6.45, 7) is 8.09. The van der Waals surface area contributed by atoms with Crippen LogP contribution >= 0.6 is 0 Å². The number of aryl methyl sites for hydroxylation is 1. The number of nitrogens with zero attached hydrogens (tertiary/aromatic N) is 1. The molecule has 180 valence electrons. The van der Waals surface area contributed by atoms with Gasteiger partial charge in [-0.1, -0.05) is 12.1 Å². The number of carbonyl (C=O) groups is 1. The van der Waals surface area contributed by atoms with Crippen molar-refractivity contribution in [1.29, 1.82) is 0 Å². The Morgan fingerprint density at radius 3 is 2.64 bits per heavy atom. The van der Waals surface area contributed by atoms with E-state index in [9.17, 15) is 13.2 Å². The third kappa shape index (κ3) is 5.99. The van der Waals surface area contributed by atoms with Crippen LogP contribution in [0.3, 0.4) is 0 Å². The topological polar surface area (TPSA) is 84.9 Å². The Balaban J connectivity index is 1.69. The molecule has 3 rings (SSSR count). The molecule has 0 saturated carbocycles. The van der Waals surface area contributed by atoms with Crippen LogP contribution in [0.2, 0.25) is 0 Å². The minimum Gasteiger partial charge on any atom is -0.497 e. The van der Waals surface area contributed by atoms with Crippen molar-refractivity contribution in [3.05, 3.63) is 53.1 Å². The van der Waals surface area contributed by atoms with Crippen LogP contribution in [-0.4, -0.2) is 39.8 Å². The van der Waals surface area contributed by atoms with Gasteiger partial charge in [0.25, 0.3) is 0 Å². The maximum atomic E-state index is 12.8. The molecule has 1 amide bonds. The van der Waals surface area contributed by atoms with Crippen LogP contribution in [0, 0.1) is 13.8 Å². The first kappa shape index (κ1) is 24.9. The monoisotopic (exact) mass is 474 g/mol. The predicted molar refractivity (Wildman–Crippen MR) is 131 cm³/mol. The fourth-order valence-electron chi connectivity index (χ4n) is 4.21. The van der Waals surface area contributed by atoms with Crippen molar-refractivity contribution in [2.45, 2.75) is 58.6 Å². The number of methoxy groups -OCH3 is 1. The molecule has 7 nitrogen and oxygen atoms in total. The lowest BCUT2D eigenvalue weighted by atomic mass is 9.89. The van der Waals surface area contributed by atoms with Crippen molar-refractivity contribution in [3.8, 4) is 11.5 Å². The van der Waals surface area contributed by atoms with Crippen LogP contribution in [0.15, 0.2) is 36.4 Å². The minimum atomic E-state index is -3.47. The van der Waals surface area contributed by atoms with E-state index in [2.05, 4.69) is 5.32 Å². The molecule has 1 aliphatic heterocycles. The van der Waals surface area contributed by atoms with E-state index >= 15 is 0 Å². The van der Waals surface area contributed by atoms with E-state index in [4.69, 9.17) is 9.47 Å². The number of nitrogens with one attached hydrogen (secondary N) is 1. The molecule has 0 unspecified atom stereocenters. The number of anilines is 1. The summed E-state index contributed by atoms with van der Waals surface area (Å²) in [4.78, 5) is 12.8. The van der Waals surface area contributed by atoms with Crippen molar-refractivity contribution in [1.82, 2.24) is 5.32 Å². The molecule has 0 spiro atoms. The predicted octanol–water partition coefficient (Wildman–Crippen LogP) is 4.28. The first-order valence-corrected chi connectivity index (χ1v) is 13.0. The van der Waals surface area contributed by atoms with Crippen molar-refractivity contribution >= 4 is 21.6 Å². The summed E-state index contributed by atoms with van der Waals surface area (Å²) in [5.41, 5.74) is 3.06. The van der Waals surface area contributed by atoms with Gasteiger partial charge in [0, 0.05) is 24.9 Å². The van der Waals surface area contributed by atoms with Crippen LogP contribution in [0.1, 0.15) is 55.8 Å². The summed E-state index contributed by atoms with van der Waals surface area (Å²) in [5, 5.41) is 3.11. The van der Waals surface area contributed by atoms with Crippen molar-refractivity contribution in [3.63, 3.8) is 0 Å². The SMILES string of the molecule is COc1ccc2c(c1)[C@H](NC(=O)CCCN(c1cccc(C)c1C)S(C)(=O)=O)CC(C)(C)O2. The highest BCUT2D eigenvalue weighted by molar-refractivity contribution is 7.92. The molecule has 8 heteroatoms. The van der Waals surface area contributed by atoms with Gasteiger partial charge in [-0.3, -0.25) is 9.10 Å².